The van der Waals surface area contributed by atoms with Crippen molar-refractivity contribution in [1.29, 1.82) is 0 Å². The highest BCUT2D eigenvalue weighted by Gasteiger charge is 2.38. The van der Waals surface area contributed by atoms with Crippen LogP contribution in [0.4, 0.5) is 0 Å². The van der Waals surface area contributed by atoms with E-state index in [0.29, 0.717) is 18.7 Å². The Morgan fingerprint density at radius 2 is 1.85 bits per heavy atom. The van der Waals surface area contributed by atoms with Crippen molar-refractivity contribution in [2.24, 2.45) is 0 Å². The second-order valence-electron chi connectivity index (χ2n) is 5.29. The third kappa shape index (κ3) is 2.29. The van der Waals surface area contributed by atoms with Crippen LogP contribution in [0.5, 0.6) is 0 Å². The predicted octanol–water partition coefficient (Wildman–Crippen LogP) is 1.78. The zero-order valence-electron chi connectivity index (χ0n) is 11.1. The van der Waals surface area contributed by atoms with Crippen LogP contribution in [-0.4, -0.2) is 47.2 Å². The molecule has 2 atom stereocenters. The lowest BCUT2D eigenvalue weighted by Gasteiger charge is -2.37. The number of fused-ring (bicyclic) bond motifs is 1. The van der Waals surface area contributed by atoms with Crippen molar-refractivity contribution in [3.63, 3.8) is 0 Å². The molecule has 5 nitrogen and oxygen atoms in total. The van der Waals surface area contributed by atoms with Crippen LogP contribution in [0.15, 0.2) is 24.3 Å². The fourth-order valence-electron chi connectivity index (χ4n) is 3.10. The second-order valence-corrected chi connectivity index (χ2v) is 5.29. The van der Waals surface area contributed by atoms with Crippen molar-refractivity contribution in [1.82, 2.24) is 4.90 Å². The van der Waals surface area contributed by atoms with Gasteiger partial charge in [-0.2, -0.15) is 0 Å². The molecule has 1 saturated carbocycles. The van der Waals surface area contributed by atoms with Crippen LogP contribution in [0.25, 0.3) is 0 Å². The van der Waals surface area contributed by atoms with E-state index in [9.17, 15) is 9.59 Å². The van der Waals surface area contributed by atoms with E-state index in [0.717, 1.165) is 19.3 Å². The first kappa shape index (κ1) is 13.1. The Morgan fingerprint density at radius 1 is 1.15 bits per heavy atom. The van der Waals surface area contributed by atoms with Crippen molar-refractivity contribution >= 4 is 11.9 Å². The summed E-state index contributed by atoms with van der Waals surface area (Å²) in [6.07, 6.45) is 3.28. The van der Waals surface area contributed by atoms with Crippen LogP contribution in [-0.2, 0) is 4.74 Å². The summed E-state index contributed by atoms with van der Waals surface area (Å²) in [5, 5.41) is 8.87. The average Bonchev–Trinajstić information content (AvgIpc) is 2.95. The Morgan fingerprint density at radius 3 is 2.55 bits per heavy atom. The number of carbonyl (C=O) groups is 2. The number of morpholine rings is 1. The molecule has 1 aromatic rings. The Balaban J connectivity index is 1.79. The summed E-state index contributed by atoms with van der Waals surface area (Å²) in [4.78, 5) is 25.3. The summed E-state index contributed by atoms with van der Waals surface area (Å²) in [7, 11) is 0. The molecule has 0 bridgehead atoms. The zero-order valence-corrected chi connectivity index (χ0v) is 11.1. The SMILES string of the molecule is O=C(O)c1ccc(C(=O)N2CCO[C@@H]3CCC[C@H]32)cc1. The number of rotatable bonds is 2. The first-order valence-electron chi connectivity index (χ1n) is 6.93. The van der Waals surface area contributed by atoms with Gasteiger partial charge in [0.15, 0.2) is 0 Å². The molecule has 0 aromatic heterocycles. The maximum absolute atomic E-state index is 12.5. The largest absolute Gasteiger partial charge is 0.478 e. The normalized spacial score (nSPS) is 25.3. The highest BCUT2D eigenvalue weighted by atomic mass is 16.5. The van der Waals surface area contributed by atoms with Crippen molar-refractivity contribution in [2.45, 2.75) is 31.4 Å². The molecule has 2 aliphatic rings. The summed E-state index contributed by atoms with van der Waals surface area (Å²) in [6.45, 7) is 1.20. The van der Waals surface area contributed by atoms with Gasteiger partial charge in [0, 0.05) is 12.1 Å². The van der Waals surface area contributed by atoms with E-state index in [2.05, 4.69) is 0 Å². The summed E-state index contributed by atoms with van der Waals surface area (Å²) >= 11 is 0. The zero-order chi connectivity index (χ0) is 14.1. The third-order valence-corrected chi connectivity index (χ3v) is 4.12. The number of benzene rings is 1. The first-order chi connectivity index (χ1) is 9.66. The molecule has 1 N–H and O–H groups in total. The topological polar surface area (TPSA) is 66.8 Å². The van der Waals surface area contributed by atoms with E-state index in [4.69, 9.17) is 9.84 Å². The molecule has 106 valence electrons. The number of hydrogen-bond donors (Lipinski definition) is 1. The summed E-state index contributed by atoms with van der Waals surface area (Å²) < 4.78 is 5.70. The molecule has 1 aliphatic heterocycles. The average molecular weight is 275 g/mol. The van der Waals surface area contributed by atoms with Gasteiger partial charge in [0.05, 0.1) is 24.3 Å². The highest BCUT2D eigenvalue weighted by Crippen LogP contribution is 2.30. The lowest BCUT2D eigenvalue weighted by Crippen LogP contribution is -2.51. The van der Waals surface area contributed by atoms with E-state index >= 15 is 0 Å². The Labute approximate surface area is 117 Å². The van der Waals surface area contributed by atoms with Gasteiger partial charge in [0.2, 0.25) is 0 Å². The van der Waals surface area contributed by atoms with Crippen LogP contribution in [0.2, 0.25) is 0 Å². The number of carbonyl (C=O) groups excluding carboxylic acids is 1. The smallest absolute Gasteiger partial charge is 0.335 e. The molecule has 5 heteroatoms. The van der Waals surface area contributed by atoms with Gasteiger partial charge < -0.3 is 14.7 Å². The molecular weight excluding hydrogens is 258 g/mol. The van der Waals surface area contributed by atoms with Gasteiger partial charge in [0.1, 0.15) is 0 Å². The monoisotopic (exact) mass is 275 g/mol. The second kappa shape index (κ2) is 5.25. The fraction of sp³-hybridized carbons (Fsp3) is 0.467. The molecule has 1 aliphatic carbocycles. The third-order valence-electron chi connectivity index (χ3n) is 4.12. The van der Waals surface area contributed by atoms with Gasteiger partial charge in [-0.15, -0.1) is 0 Å². The number of carboxylic acid groups (broad SMARTS) is 1. The van der Waals surface area contributed by atoms with Gasteiger partial charge in [0.25, 0.3) is 5.91 Å². The van der Waals surface area contributed by atoms with Crippen molar-refractivity contribution in [2.75, 3.05) is 13.2 Å². The van der Waals surface area contributed by atoms with E-state index < -0.39 is 5.97 Å². The number of hydrogen-bond acceptors (Lipinski definition) is 3. The molecule has 1 heterocycles. The highest BCUT2D eigenvalue weighted by molar-refractivity contribution is 5.96. The van der Waals surface area contributed by atoms with Gasteiger partial charge in [-0.3, -0.25) is 4.79 Å². The molecule has 2 fully saturated rings. The van der Waals surface area contributed by atoms with Crippen molar-refractivity contribution < 1.29 is 19.4 Å². The lowest BCUT2D eigenvalue weighted by atomic mass is 10.1. The molecule has 1 aromatic carbocycles. The van der Waals surface area contributed by atoms with Crippen LogP contribution in [0, 0.1) is 0 Å². The summed E-state index contributed by atoms with van der Waals surface area (Å²) in [6, 6.07) is 6.30. The van der Waals surface area contributed by atoms with E-state index in [1.807, 2.05) is 4.90 Å². The van der Waals surface area contributed by atoms with Gasteiger partial charge in [-0.05, 0) is 43.5 Å². The maximum Gasteiger partial charge on any atom is 0.335 e. The molecular formula is C15H17NO4. The van der Waals surface area contributed by atoms with Crippen LogP contribution >= 0.6 is 0 Å². The lowest BCUT2D eigenvalue weighted by molar-refractivity contribution is -0.0445. The van der Waals surface area contributed by atoms with E-state index in [-0.39, 0.29) is 23.6 Å². The van der Waals surface area contributed by atoms with Gasteiger partial charge >= 0.3 is 5.97 Å². The molecule has 0 spiro atoms. The Kier molecular flexibility index (Phi) is 3.44. The molecule has 0 radical (unpaired) electrons. The number of nitrogens with zero attached hydrogens (tertiary/aromatic N) is 1. The molecule has 1 amide bonds. The minimum Gasteiger partial charge on any atom is -0.478 e. The van der Waals surface area contributed by atoms with Crippen LogP contribution in [0.3, 0.4) is 0 Å². The quantitative estimate of drug-likeness (QED) is 0.893. The Bertz CT molecular complexity index is 525. The van der Waals surface area contributed by atoms with E-state index in [1.165, 1.54) is 12.1 Å². The van der Waals surface area contributed by atoms with E-state index in [1.54, 1.807) is 12.1 Å². The van der Waals surface area contributed by atoms with Crippen molar-refractivity contribution in [3.8, 4) is 0 Å². The number of ether oxygens (including phenoxy) is 1. The summed E-state index contributed by atoms with van der Waals surface area (Å²) in [5.74, 6) is -1.01. The maximum atomic E-state index is 12.5. The van der Waals surface area contributed by atoms with Crippen molar-refractivity contribution in [3.05, 3.63) is 35.4 Å². The predicted molar refractivity (Wildman–Crippen MR) is 71.8 cm³/mol. The van der Waals surface area contributed by atoms with Crippen LogP contribution in [0.1, 0.15) is 40.0 Å². The minimum atomic E-state index is -0.980. The summed E-state index contributed by atoms with van der Waals surface area (Å²) in [5.41, 5.74) is 0.741. The minimum absolute atomic E-state index is 0.0258. The molecule has 0 unspecified atom stereocenters. The number of amides is 1. The molecule has 3 rings (SSSR count). The van der Waals surface area contributed by atoms with Crippen LogP contribution < -0.4 is 0 Å². The number of carboxylic acids is 1. The van der Waals surface area contributed by atoms with Gasteiger partial charge in [-0.25, -0.2) is 4.79 Å². The molecule has 20 heavy (non-hydrogen) atoms. The Hall–Kier alpha value is -1.88. The fourth-order valence-corrected chi connectivity index (χ4v) is 3.10. The van der Waals surface area contributed by atoms with Gasteiger partial charge in [-0.1, -0.05) is 0 Å². The molecule has 1 saturated heterocycles. The number of aromatic carboxylic acids is 1. The first-order valence-corrected chi connectivity index (χ1v) is 6.93. The standard InChI is InChI=1S/C15H17NO4/c17-14(10-4-6-11(7-5-10)15(18)19)16-8-9-20-13-3-1-2-12(13)16/h4-7,12-13H,1-3,8-9H2,(H,18,19)/t12-,13-/m1/s1.